The summed E-state index contributed by atoms with van der Waals surface area (Å²) in [6.45, 7) is 1.53. The van der Waals surface area contributed by atoms with Crippen LogP contribution in [0.2, 0.25) is 0 Å². The summed E-state index contributed by atoms with van der Waals surface area (Å²) < 4.78 is 41.7. The first-order valence-electron chi connectivity index (χ1n) is 6.98. The van der Waals surface area contributed by atoms with E-state index in [9.17, 15) is 22.4 Å². The second kappa shape index (κ2) is 6.27. The largest absolute Gasteiger partial charge is 0.335 e. The van der Waals surface area contributed by atoms with Crippen molar-refractivity contribution >= 4 is 10.0 Å². The molecule has 0 aliphatic rings. The molecule has 1 aromatic carbocycles. The van der Waals surface area contributed by atoms with E-state index in [1.165, 1.54) is 28.1 Å². The van der Waals surface area contributed by atoms with Gasteiger partial charge < -0.3 is 4.57 Å². The highest BCUT2D eigenvalue weighted by Gasteiger charge is 2.25. The molecule has 0 radical (unpaired) electrons. The molecule has 10 heteroatoms. The fourth-order valence-corrected chi connectivity index (χ4v) is 3.20. The number of aryl methyl sites for hydroxylation is 1. The zero-order valence-corrected chi connectivity index (χ0v) is 14.8. The highest BCUT2D eigenvalue weighted by molar-refractivity contribution is 7.89. The number of hydrogen-bond acceptors (Lipinski definition) is 5. The average molecular weight is 366 g/mol. The Morgan fingerprint density at radius 3 is 2.32 bits per heavy atom. The number of nitriles is 1. The molecule has 0 saturated heterocycles. The van der Waals surface area contributed by atoms with Crippen LogP contribution in [0.3, 0.4) is 0 Å². The summed E-state index contributed by atoms with van der Waals surface area (Å²) in [6.07, 6.45) is 0. The van der Waals surface area contributed by atoms with Crippen molar-refractivity contribution in [1.82, 2.24) is 13.4 Å². The number of benzene rings is 1. The molecule has 132 valence electrons. The first-order valence-corrected chi connectivity index (χ1v) is 8.42. The lowest BCUT2D eigenvalue weighted by molar-refractivity contribution is 0.519. The van der Waals surface area contributed by atoms with Crippen LogP contribution in [0.5, 0.6) is 0 Å². The SMILES string of the molecule is Cc1cc(=O)n(-c2cc(S(=O)(=O)N(C)C)c(C#N)cc2F)c(=O)n1C. The van der Waals surface area contributed by atoms with Crippen LogP contribution in [-0.4, -0.2) is 36.0 Å². The van der Waals surface area contributed by atoms with Crippen LogP contribution in [0, 0.1) is 24.1 Å². The van der Waals surface area contributed by atoms with E-state index < -0.39 is 43.2 Å². The predicted octanol–water partition coefficient (Wildman–Crippen LogP) is 0.106. The van der Waals surface area contributed by atoms with Gasteiger partial charge in [0.25, 0.3) is 5.56 Å². The summed E-state index contributed by atoms with van der Waals surface area (Å²) in [6, 6.07) is 4.25. The summed E-state index contributed by atoms with van der Waals surface area (Å²) in [4.78, 5) is 24.0. The third-order valence-corrected chi connectivity index (χ3v) is 5.58. The molecule has 0 atom stereocenters. The van der Waals surface area contributed by atoms with Crippen molar-refractivity contribution in [3.05, 3.63) is 56.1 Å². The van der Waals surface area contributed by atoms with E-state index in [2.05, 4.69) is 0 Å². The Morgan fingerprint density at radius 2 is 1.80 bits per heavy atom. The molecule has 0 aliphatic carbocycles. The second-order valence-electron chi connectivity index (χ2n) is 5.50. The van der Waals surface area contributed by atoms with Crippen molar-refractivity contribution in [2.75, 3.05) is 14.1 Å². The minimum atomic E-state index is -4.09. The lowest BCUT2D eigenvalue weighted by Gasteiger charge is -2.15. The van der Waals surface area contributed by atoms with E-state index in [0.29, 0.717) is 16.3 Å². The highest BCUT2D eigenvalue weighted by Crippen LogP contribution is 2.23. The molecular weight excluding hydrogens is 351 g/mol. The summed E-state index contributed by atoms with van der Waals surface area (Å²) >= 11 is 0. The van der Waals surface area contributed by atoms with Crippen molar-refractivity contribution in [3.63, 3.8) is 0 Å². The van der Waals surface area contributed by atoms with Crippen LogP contribution in [0.25, 0.3) is 5.69 Å². The van der Waals surface area contributed by atoms with Gasteiger partial charge in [-0.05, 0) is 19.1 Å². The van der Waals surface area contributed by atoms with Gasteiger partial charge in [0.15, 0.2) is 0 Å². The minimum Gasteiger partial charge on any atom is -0.301 e. The van der Waals surface area contributed by atoms with Crippen molar-refractivity contribution in [2.45, 2.75) is 11.8 Å². The smallest absolute Gasteiger partial charge is 0.301 e. The van der Waals surface area contributed by atoms with Gasteiger partial charge in [0.2, 0.25) is 10.0 Å². The lowest BCUT2D eigenvalue weighted by Crippen LogP contribution is -2.39. The molecule has 0 fully saturated rings. The number of halogens is 1. The topological polar surface area (TPSA) is 105 Å². The normalized spacial score (nSPS) is 11.6. The van der Waals surface area contributed by atoms with Gasteiger partial charge in [-0.3, -0.25) is 4.79 Å². The van der Waals surface area contributed by atoms with Crippen molar-refractivity contribution in [2.24, 2.45) is 7.05 Å². The molecule has 2 aromatic rings. The Bertz CT molecular complexity index is 1120. The molecule has 0 unspecified atom stereocenters. The van der Waals surface area contributed by atoms with Gasteiger partial charge in [0.05, 0.1) is 11.3 Å². The molecule has 0 bridgehead atoms. The Hall–Kier alpha value is -2.77. The van der Waals surface area contributed by atoms with Crippen molar-refractivity contribution in [3.8, 4) is 11.8 Å². The fraction of sp³-hybridized carbons (Fsp3) is 0.267. The summed E-state index contributed by atoms with van der Waals surface area (Å²) in [5.74, 6) is -1.06. The number of rotatable bonds is 3. The molecule has 0 amide bonds. The Kier molecular flexibility index (Phi) is 4.66. The predicted molar refractivity (Wildman–Crippen MR) is 87.6 cm³/mol. The molecule has 0 N–H and O–H groups in total. The molecule has 2 rings (SSSR count). The van der Waals surface area contributed by atoms with Crippen LogP contribution >= 0.6 is 0 Å². The zero-order chi connectivity index (χ0) is 19.1. The third kappa shape index (κ3) is 2.99. The molecular formula is C15H15FN4O4S. The van der Waals surface area contributed by atoms with E-state index in [4.69, 9.17) is 5.26 Å². The Labute approximate surface area is 143 Å². The molecule has 1 heterocycles. The molecule has 8 nitrogen and oxygen atoms in total. The van der Waals surface area contributed by atoms with Gasteiger partial charge >= 0.3 is 5.69 Å². The van der Waals surface area contributed by atoms with Crippen LogP contribution < -0.4 is 11.2 Å². The number of sulfonamides is 1. The first-order chi connectivity index (χ1) is 11.5. The minimum absolute atomic E-state index is 0.362. The average Bonchev–Trinajstić information content (AvgIpc) is 2.53. The van der Waals surface area contributed by atoms with Gasteiger partial charge in [-0.1, -0.05) is 0 Å². The van der Waals surface area contributed by atoms with Crippen LogP contribution in [-0.2, 0) is 17.1 Å². The standard InChI is InChI=1S/C15H15FN4O4S/c1-9-5-14(21)20(15(22)19(9)4)12-7-13(25(23,24)18(2)3)10(8-17)6-11(12)16/h5-7H,1-4H3. The van der Waals surface area contributed by atoms with Crippen molar-refractivity contribution < 1.29 is 12.8 Å². The lowest BCUT2D eigenvalue weighted by atomic mass is 10.2. The fourth-order valence-electron chi connectivity index (χ4n) is 2.17. The van der Waals surface area contributed by atoms with E-state index >= 15 is 0 Å². The van der Waals surface area contributed by atoms with Crippen LogP contribution in [0.15, 0.2) is 32.7 Å². The van der Waals surface area contributed by atoms with E-state index in [1.807, 2.05) is 0 Å². The molecule has 0 aliphatic heterocycles. The van der Waals surface area contributed by atoms with E-state index in [0.717, 1.165) is 21.0 Å². The quantitative estimate of drug-likeness (QED) is 0.766. The maximum absolute atomic E-state index is 14.4. The second-order valence-corrected chi connectivity index (χ2v) is 7.62. The molecule has 0 spiro atoms. The Balaban J connectivity index is 2.97. The zero-order valence-electron chi connectivity index (χ0n) is 13.9. The monoisotopic (exact) mass is 366 g/mol. The van der Waals surface area contributed by atoms with Gasteiger partial charge in [0, 0.05) is 32.9 Å². The highest BCUT2D eigenvalue weighted by atomic mass is 32.2. The van der Waals surface area contributed by atoms with Gasteiger partial charge in [-0.25, -0.2) is 26.5 Å². The van der Waals surface area contributed by atoms with Gasteiger partial charge in [0.1, 0.15) is 16.8 Å². The third-order valence-electron chi connectivity index (χ3n) is 3.73. The molecule has 25 heavy (non-hydrogen) atoms. The van der Waals surface area contributed by atoms with Crippen molar-refractivity contribution in [1.29, 1.82) is 5.26 Å². The van der Waals surface area contributed by atoms with Crippen LogP contribution in [0.1, 0.15) is 11.3 Å². The summed E-state index contributed by atoms with van der Waals surface area (Å²) in [5.41, 5.74) is -2.24. The molecule has 1 aromatic heterocycles. The van der Waals surface area contributed by atoms with Gasteiger partial charge in [-0.15, -0.1) is 0 Å². The maximum atomic E-state index is 14.4. The van der Waals surface area contributed by atoms with Crippen LogP contribution in [0.4, 0.5) is 4.39 Å². The Morgan fingerprint density at radius 1 is 1.20 bits per heavy atom. The number of nitrogens with zero attached hydrogens (tertiary/aromatic N) is 4. The number of hydrogen-bond donors (Lipinski definition) is 0. The molecule has 0 saturated carbocycles. The van der Waals surface area contributed by atoms with E-state index in [1.54, 1.807) is 6.07 Å². The van der Waals surface area contributed by atoms with E-state index in [-0.39, 0.29) is 0 Å². The number of aromatic nitrogens is 2. The maximum Gasteiger partial charge on any atom is 0.335 e. The summed E-state index contributed by atoms with van der Waals surface area (Å²) in [7, 11) is -0.202. The first kappa shape index (κ1) is 18.6. The van der Waals surface area contributed by atoms with Gasteiger partial charge in [-0.2, -0.15) is 5.26 Å². The summed E-state index contributed by atoms with van der Waals surface area (Å²) in [5, 5.41) is 9.11.